The Hall–Kier alpha value is -3.41. The number of benzene rings is 9. The first-order valence-electron chi connectivity index (χ1n) is 42.4. The third-order valence-electron chi connectivity index (χ3n) is 21.0. The Bertz CT molecular complexity index is 3120. The van der Waals surface area contributed by atoms with Crippen molar-refractivity contribution in [3.63, 3.8) is 0 Å². The molecule has 0 bridgehead atoms. The van der Waals surface area contributed by atoms with E-state index < -0.39 is 0 Å². The fourth-order valence-electron chi connectivity index (χ4n) is 14.9. The molecular weight excluding hydrogens is 1540 g/mol. The maximum atomic E-state index is 6.25. The summed E-state index contributed by atoms with van der Waals surface area (Å²) >= 11 is 0. The number of rotatable bonds is 48. The summed E-state index contributed by atoms with van der Waals surface area (Å²) in [6.07, 6.45) is 55.8. The minimum Gasteiger partial charge on any atom is -0.512 e. The van der Waals surface area contributed by atoms with Gasteiger partial charge in [-0.1, -0.05) is 271 Å². The van der Waals surface area contributed by atoms with E-state index in [0.717, 1.165) is 0 Å². The summed E-state index contributed by atoms with van der Waals surface area (Å²) < 4.78 is 0. The monoisotopic (exact) mass is 1670 g/mol. The van der Waals surface area contributed by atoms with Crippen molar-refractivity contribution in [2.75, 3.05) is 0 Å². The van der Waals surface area contributed by atoms with E-state index in [1.165, 1.54) is 336 Å². The molecule has 0 aliphatic heterocycles. The average molecular weight is 1670 g/mol. The third kappa shape index (κ3) is 50.8. The first-order valence-corrected chi connectivity index (χ1v) is 42.4. The van der Waals surface area contributed by atoms with Gasteiger partial charge in [0.05, 0.1) is 0 Å². The van der Waals surface area contributed by atoms with Crippen LogP contribution in [0.25, 0.3) is 66.8 Å². The largest absolute Gasteiger partial charge is 1.00 e. The van der Waals surface area contributed by atoms with Crippen molar-refractivity contribution < 1.29 is 164 Å². The van der Waals surface area contributed by atoms with E-state index in [2.05, 4.69) is 187 Å². The van der Waals surface area contributed by atoms with Crippen molar-refractivity contribution in [1.29, 1.82) is 15.8 Å². The van der Waals surface area contributed by atoms with Gasteiger partial charge in [0.1, 0.15) is 0 Å². The Labute approximate surface area is 820 Å². The maximum Gasteiger partial charge on any atom is 1.00 e. The van der Waals surface area contributed by atoms with Crippen molar-refractivity contribution in [3.05, 3.63) is 271 Å². The van der Waals surface area contributed by atoms with E-state index in [4.69, 9.17) is 35.5 Å². The Morgan fingerprint density at radius 2 is 0.282 bits per heavy atom. The van der Waals surface area contributed by atoms with Gasteiger partial charge < -0.3 is 35.5 Å². The smallest absolute Gasteiger partial charge is 0.512 e. The van der Waals surface area contributed by atoms with Crippen LogP contribution in [0, 0.1) is 71.9 Å². The normalized spacial score (nSPS) is 9.74. The van der Waals surface area contributed by atoms with Crippen molar-refractivity contribution >= 4 is 0 Å². The van der Waals surface area contributed by atoms with Gasteiger partial charge in [0.25, 0.3) is 0 Å². The second-order valence-electron chi connectivity index (χ2n) is 29.3. The predicted octanol–water partition coefficient (Wildman–Crippen LogP) is 13.6. The number of unbranched alkanes of at least 4 members (excludes halogenated alkanes) is 30. The van der Waals surface area contributed by atoms with Gasteiger partial charge in [-0.2, -0.15) is 182 Å². The molecule has 0 spiro atoms. The Balaban J connectivity index is -0.000000368. The zero-order chi connectivity index (χ0) is 77.5. The Morgan fingerprint density at radius 3 is 0.393 bits per heavy atom. The number of nitrogens with zero attached hydrogens (tertiary/aromatic N) is 3. The summed E-state index contributed by atoms with van der Waals surface area (Å²) in [4.78, 5) is 0. The fraction of sp³-hybridized carbons (Fsp3) is 0.457. The van der Waals surface area contributed by atoms with Crippen LogP contribution in [0.5, 0.6) is 0 Å². The van der Waals surface area contributed by atoms with Crippen molar-refractivity contribution in [3.8, 4) is 66.8 Å². The third-order valence-corrected chi connectivity index (χ3v) is 21.0. The molecule has 0 saturated carbocycles. The first-order chi connectivity index (χ1) is 53.5. The topological polar surface area (TPSA) is 71.4 Å². The van der Waals surface area contributed by atoms with Gasteiger partial charge in [0.2, 0.25) is 0 Å². The molecule has 0 aliphatic rings. The van der Waals surface area contributed by atoms with Gasteiger partial charge in [0, 0.05) is 0 Å². The molecule has 0 aliphatic carbocycles. The van der Waals surface area contributed by atoms with Gasteiger partial charge in [0.15, 0.2) is 0 Å². The van der Waals surface area contributed by atoms with E-state index >= 15 is 0 Å². The average Bonchev–Trinajstić information content (AvgIpc) is 0.804. The molecule has 3 nitrogen and oxygen atoms in total. The van der Waals surface area contributed by atoms with Crippen LogP contribution in [0.3, 0.4) is 0 Å². The Morgan fingerprint density at radius 1 is 0.179 bits per heavy atom. The summed E-state index contributed by atoms with van der Waals surface area (Å²) in [5, 5.41) is 18.8. The van der Waals surface area contributed by atoms with Crippen LogP contribution in [0.15, 0.2) is 182 Å². The number of hydrogen-bond acceptors (Lipinski definition) is 3. The molecule has 0 atom stereocenters. The number of aryl methyl sites for hydroxylation is 6. The second kappa shape index (κ2) is 84.8. The zero-order valence-electron chi connectivity index (χ0n) is 74.8. The molecule has 9 aromatic rings. The fourth-order valence-corrected chi connectivity index (χ4v) is 14.9. The molecule has 0 unspecified atom stereocenters. The molecule has 117 heavy (non-hydrogen) atoms. The molecule has 9 rings (SSSR count). The van der Waals surface area contributed by atoms with Crippen LogP contribution in [0.2, 0.25) is 0 Å². The van der Waals surface area contributed by atoms with Gasteiger partial charge in [-0.15, -0.1) is 33.4 Å². The van der Waals surface area contributed by atoms with Crippen molar-refractivity contribution in [2.45, 2.75) is 311 Å². The maximum absolute atomic E-state index is 6.25. The van der Waals surface area contributed by atoms with Gasteiger partial charge in [-0.25, -0.2) is 0 Å². The van der Waals surface area contributed by atoms with E-state index in [-0.39, 0.29) is 164 Å². The molecule has 0 saturated heterocycles. The summed E-state index contributed by atoms with van der Waals surface area (Å²) in [5.74, 6) is 0. The SMILES string of the molecule is CCCCCCCCc1cc(-c2cc[c-]cc2)c(-c2cc[c-]cc2)cc1CCCCCCCC.CCCCCCCCc1cc(-c2cc[c-]cc2)c(-c2cc[c-]cc2)cc1CCCCCCCC.CCCCCCCCc1cc(-c2cc[c-]cc2)c(-c2cc[c-]cc2)cc1CCCCCCCC.[C-]#N.[C-]#N.[C-]#N.[Cu+].[Cu+].[Cu+].[Li+].[Li+].[Li+].[Li+].[Li+].[Li+]. The summed E-state index contributed by atoms with van der Waals surface area (Å²) in [6.45, 7) is 28.0. The van der Waals surface area contributed by atoms with Gasteiger partial charge >= 0.3 is 164 Å². The molecule has 0 aromatic heterocycles. The molecule has 0 fully saturated rings. The summed E-state index contributed by atoms with van der Waals surface area (Å²) in [5.41, 5.74) is 25.3. The van der Waals surface area contributed by atoms with E-state index in [9.17, 15) is 0 Å². The minimum atomic E-state index is 0. The predicted molar refractivity (Wildman–Crippen MR) is 462 cm³/mol. The molecule has 0 radical (unpaired) electrons. The molecule has 0 amide bonds. The van der Waals surface area contributed by atoms with Gasteiger partial charge in [-0.3, -0.25) is 0 Å². The molecule has 606 valence electrons. The second-order valence-corrected chi connectivity index (χ2v) is 29.3. The van der Waals surface area contributed by atoms with E-state index in [1.54, 1.807) is 33.4 Å². The molecule has 0 N–H and O–H groups in total. The molecule has 12 heteroatoms. The van der Waals surface area contributed by atoms with Crippen LogP contribution in [-0.4, -0.2) is 0 Å². The summed E-state index contributed by atoms with van der Waals surface area (Å²) in [6, 6.07) is 85.1. The minimum absolute atomic E-state index is 0. The van der Waals surface area contributed by atoms with Crippen LogP contribution < -0.4 is 113 Å². The number of hydrogen-bond donors (Lipinski definition) is 0. The van der Waals surface area contributed by atoms with Crippen molar-refractivity contribution in [1.82, 2.24) is 0 Å². The van der Waals surface area contributed by atoms with E-state index in [0.29, 0.717) is 0 Å². The standard InChI is InChI=1S/3C34H44.3CN.3Cu.6Li/c3*1-3-5-7-9-11-15-25-31-27-33(29-21-17-13-18-22-29)34(30-23-19-14-20-24-30)28-32(31)26-16-12-10-8-6-4-2;3*1-2;;;;;;;;;/h3*17-24,27-28H,3-12,15-16,25-26H2,1-2H3;;;;;;;;;;;;/q3*-2;3*-1;9*+1. The van der Waals surface area contributed by atoms with Gasteiger partial charge in [-0.05, 0) is 144 Å². The zero-order valence-corrected chi connectivity index (χ0v) is 77.6. The van der Waals surface area contributed by atoms with Crippen molar-refractivity contribution in [2.24, 2.45) is 0 Å². The van der Waals surface area contributed by atoms with Crippen LogP contribution in [0.1, 0.15) is 306 Å². The summed E-state index contributed by atoms with van der Waals surface area (Å²) in [7, 11) is 0. The quantitative estimate of drug-likeness (QED) is 0.0217. The first kappa shape index (κ1) is 124. The van der Waals surface area contributed by atoms with E-state index in [1.807, 2.05) is 72.8 Å². The molecule has 9 aromatic carbocycles. The Kier molecular flexibility index (Phi) is 90.2. The molecular formula is C105H132Cu3Li6N3. The van der Waals surface area contributed by atoms with Crippen LogP contribution in [-0.2, 0) is 89.7 Å². The van der Waals surface area contributed by atoms with Crippen LogP contribution in [0.4, 0.5) is 0 Å². The van der Waals surface area contributed by atoms with Crippen LogP contribution >= 0.6 is 0 Å². The molecule has 0 heterocycles.